The van der Waals surface area contributed by atoms with E-state index in [-0.39, 0.29) is 5.60 Å². The van der Waals surface area contributed by atoms with Gasteiger partial charge in [-0.3, -0.25) is 0 Å². The molecule has 0 spiro atoms. The first kappa shape index (κ1) is 11.0. The summed E-state index contributed by atoms with van der Waals surface area (Å²) in [6.07, 6.45) is 12.3. The van der Waals surface area contributed by atoms with Crippen molar-refractivity contribution < 1.29 is 5.11 Å². The second-order valence-electron chi connectivity index (χ2n) is 4.55. The van der Waals surface area contributed by atoms with Crippen molar-refractivity contribution in [3.8, 4) is 0 Å². The number of hydrogen-bond acceptors (Lipinski definition) is 1. The van der Waals surface area contributed by atoms with Gasteiger partial charge in [0.15, 0.2) is 0 Å². The van der Waals surface area contributed by atoms with Crippen molar-refractivity contribution in [1.29, 1.82) is 0 Å². The highest BCUT2D eigenvalue weighted by molar-refractivity contribution is 4.77. The van der Waals surface area contributed by atoms with E-state index in [0.29, 0.717) is 0 Å². The van der Waals surface area contributed by atoms with Crippen molar-refractivity contribution in [2.75, 3.05) is 0 Å². The Kier molecular flexibility index (Phi) is 4.79. The quantitative estimate of drug-likeness (QED) is 0.659. The van der Waals surface area contributed by atoms with Crippen LogP contribution in [0.2, 0.25) is 0 Å². The molecule has 0 radical (unpaired) electrons. The zero-order chi connectivity index (χ0) is 9.57. The third-order valence-corrected chi connectivity index (χ3v) is 3.44. The van der Waals surface area contributed by atoms with E-state index in [4.69, 9.17) is 0 Å². The molecule has 0 unspecified atom stereocenters. The molecule has 1 fully saturated rings. The van der Waals surface area contributed by atoms with E-state index >= 15 is 0 Å². The largest absolute Gasteiger partial charge is 0.390 e. The maximum Gasteiger partial charge on any atom is 0.0645 e. The summed E-state index contributed by atoms with van der Waals surface area (Å²) in [6.45, 7) is 2.12. The maximum atomic E-state index is 10.2. The molecule has 78 valence electrons. The molecule has 1 aliphatic carbocycles. The van der Waals surface area contributed by atoms with Gasteiger partial charge in [0.05, 0.1) is 5.60 Å². The van der Waals surface area contributed by atoms with Gasteiger partial charge in [-0.25, -0.2) is 0 Å². The molecule has 0 heterocycles. The van der Waals surface area contributed by atoms with Crippen LogP contribution < -0.4 is 0 Å². The van der Waals surface area contributed by atoms with Crippen LogP contribution in [-0.4, -0.2) is 10.7 Å². The van der Waals surface area contributed by atoms with E-state index in [1.165, 1.54) is 44.9 Å². The highest BCUT2D eigenvalue weighted by Crippen LogP contribution is 2.27. The van der Waals surface area contributed by atoms with Gasteiger partial charge < -0.3 is 5.11 Å². The highest BCUT2D eigenvalue weighted by atomic mass is 16.3. The fraction of sp³-hybridized carbons (Fsp3) is 1.00. The highest BCUT2D eigenvalue weighted by Gasteiger charge is 2.23. The third-order valence-electron chi connectivity index (χ3n) is 3.44. The summed E-state index contributed by atoms with van der Waals surface area (Å²) in [5.41, 5.74) is -0.322. The summed E-state index contributed by atoms with van der Waals surface area (Å²) >= 11 is 0. The fourth-order valence-corrected chi connectivity index (χ4v) is 2.27. The van der Waals surface area contributed by atoms with E-state index in [0.717, 1.165) is 19.3 Å². The van der Waals surface area contributed by atoms with Crippen LogP contribution in [0.4, 0.5) is 0 Å². The molecule has 1 N–H and O–H groups in total. The van der Waals surface area contributed by atoms with Gasteiger partial charge in [0.25, 0.3) is 0 Å². The molecule has 0 atom stereocenters. The van der Waals surface area contributed by atoms with Crippen molar-refractivity contribution in [3.63, 3.8) is 0 Å². The van der Waals surface area contributed by atoms with E-state index < -0.39 is 0 Å². The van der Waals surface area contributed by atoms with Crippen molar-refractivity contribution >= 4 is 0 Å². The lowest BCUT2D eigenvalue weighted by Gasteiger charge is -2.27. The summed E-state index contributed by atoms with van der Waals surface area (Å²) < 4.78 is 0. The first-order valence-corrected chi connectivity index (χ1v) is 5.99. The van der Waals surface area contributed by atoms with Crippen LogP contribution in [0.25, 0.3) is 0 Å². The average molecular weight is 184 g/mol. The van der Waals surface area contributed by atoms with E-state index in [9.17, 15) is 5.11 Å². The Labute approximate surface area is 82.5 Å². The van der Waals surface area contributed by atoms with Crippen molar-refractivity contribution in [1.82, 2.24) is 0 Å². The topological polar surface area (TPSA) is 20.2 Å². The molecular weight excluding hydrogens is 160 g/mol. The lowest BCUT2D eigenvalue weighted by atomic mass is 9.86. The van der Waals surface area contributed by atoms with E-state index in [1.54, 1.807) is 0 Å². The fourth-order valence-electron chi connectivity index (χ4n) is 2.27. The molecule has 0 aromatic heterocycles. The minimum absolute atomic E-state index is 0.322. The lowest BCUT2D eigenvalue weighted by molar-refractivity contribution is 0.0131. The molecule has 0 aromatic carbocycles. The minimum Gasteiger partial charge on any atom is -0.390 e. The first-order chi connectivity index (χ1) is 6.27. The lowest BCUT2D eigenvalue weighted by Crippen LogP contribution is -2.27. The first-order valence-electron chi connectivity index (χ1n) is 5.99. The Morgan fingerprint density at radius 1 is 0.846 bits per heavy atom. The maximum absolute atomic E-state index is 10.2. The molecular formula is C12H24O. The molecule has 1 aliphatic rings. The standard InChI is InChI=1S/C12H24O/c1-2-12(13)10-8-6-4-3-5-7-9-11-12/h13H,2-11H2,1H3. The molecule has 0 aliphatic heterocycles. The summed E-state index contributed by atoms with van der Waals surface area (Å²) in [6, 6.07) is 0. The van der Waals surface area contributed by atoms with Crippen LogP contribution in [0.5, 0.6) is 0 Å². The molecule has 1 saturated carbocycles. The number of aliphatic hydroxyl groups is 1. The van der Waals surface area contributed by atoms with Gasteiger partial charge in [-0.1, -0.05) is 51.9 Å². The van der Waals surface area contributed by atoms with Gasteiger partial charge in [-0.15, -0.1) is 0 Å². The van der Waals surface area contributed by atoms with Crippen LogP contribution in [0.1, 0.15) is 71.1 Å². The Morgan fingerprint density at radius 3 is 1.62 bits per heavy atom. The molecule has 0 aromatic rings. The number of hydrogen-bond donors (Lipinski definition) is 1. The van der Waals surface area contributed by atoms with Crippen molar-refractivity contribution in [2.24, 2.45) is 0 Å². The molecule has 1 rings (SSSR count). The Hall–Kier alpha value is -0.0400. The van der Waals surface area contributed by atoms with E-state index in [1.807, 2.05) is 0 Å². The molecule has 0 bridgehead atoms. The molecule has 1 nitrogen and oxygen atoms in total. The predicted molar refractivity (Wildman–Crippen MR) is 56.8 cm³/mol. The Morgan fingerprint density at radius 2 is 1.23 bits per heavy atom. The average Bonchev–Trinajstić information content (AvgIpc) is 2.16. The van der Waals surface area contributed by atoms with Crippen molar-refractivity contribution in [3.05, 3.63) is 0 Å². The minimum atomic E-state index is -0.322. The predicted octanol–water partition coefficient (Wildman–Crippen LogP) is 3.65. The second kappa shape index (κ2) is 5.64. The summed E-state index contributed by atoms with van der Waals surface area (Å²) in [5.74, 6) is 0. The van der Waals surface area contributed by atoms with Gasteiger partial charge in [0.2, 0.25) is 0 Å². The molecule has 1 heteroatoms. The van der Waals surface area contributed by atoms with Crippen LogP contribution in [0.3, 0.4) is 0 Å². The van der Waals surface area contributed by atoms with Crippen molar-refractivity contribution in [2.45, 2.75) is 76.7 Å². The zero-order valence-corrected chi connectivity index (χ0v) is 9.02. The third kappa shape index (κ3) is 4.12. The normalized spacial score (nSPS) is 25.4. The van der Waals surface area contributed by atoms with Crippen LogP contribution in [-0.2, 0) is 0 Å². The summed E-state index contributed by atoms with van der Waals surface area (Å²) in [7, 11) is 0. The Balaban J connectivity index is 2.34. The second-order valence-corrected chi connectivity index (χ2v) is 4.55. The van der Waals surface area contributed by atoms with Gasteiger partial charge in [0.1, 0.15) is 0 Å². The van der Waals surface area contributed by atoms with E-state index in [2.05, 4.69) is 6.92 Å². The Bertz CT molecular complexity index is 121. The van der Waals surface area contributed by atoms with Crippen LogP contribution >= 0.6 is 0 Å². The van der Waals surface area contributed by atoms with Gasteiger partial charge in [-0.05, 0) is 19.3 Å². The van der Waals surface area contributed by atoms with Gasteiger partial charge in [-0.2, -0.15) is 0 Å². The summed E-state index contributed by atoms with van der Waals surface area (Å²) in [5, 5.41) is 10.2. The SMILES string of the molecule is CCC1(O)CCCCCCCCC1. The van der Waals surface area contributed by atoms with Gasteiger partial charge in [0, 0.05) is 0 Å². The zero-order valence-electron chi connectivity index (χ0n) is 9.02. The monoisotopic (exact) mass is 184 g/mol. The molecule has 13 heavy (non-hydrogen) atoms. The summed E-state index contributed by atoms with van der Waals surface area (Å²) in [4.78, 5) is 0. The van der Waals surface area contributed by atoms with Crippen LogP contribution in [0.15, 0.2) is 0 Å². The van der Waals surface area contributed by atoms with Gasteiger partial charge >= 0.3 is 0 Å². The molecule has 0 saturated heterocycles. The number of rotatable bonds is 1. The smallest absolute Gasteiger partial charge is 0.0645 e. The van der Waals surface area contributed by atoms with Crippen LogP contribution in [0, 0.1) is 0 Å². The molecule has 0 amide bonds.